The first-order chi connectivity index (χ1) is 12.3. The van der Waals surface area contributed by atoms with E-state index in [9.17, 15) is 0 Å². The van der Waals surface area contributed by atoms with E-state index in [-0.39, 0.29) is 24.0 Å². The van der Waals surface area contributed by atoms with Crippen LogP contribution in [-0.2, 0) is 0 Å². The highest BCUT2D eigenvalue weighted by Crippen LogP contribution is 2.18. The van der Waals surface area contributed by atoms with E-state index in [1.807, 2.05) is 0 Å². The van der Waals surface area contributed by atoms with Crippen molar-refractivity contribution < 1.29 is 28.5 Å². The molecule has 0 aromatic heterocycles. The van der Waals surface area contributed by atoms with Crippen LogP contribution in [0.4, 0.5) is 0 Å². The lowest BCUT2D eigenvalue weighted by molar-refractivity contribution is -0.897. The Bertz CT molecular complexity index is 273. The summed E-state index contributed by atoms with van der Waals surface area (Å²) in [5.41, 5.74) is 0. The SMILES string of the molecule is CCCCCCCCCCCCCCCCCCC[N+]1(C)CCCC1.[I-]. The number of hydrogen-bond donors (Lipinski definition) is 0. The molecule has 1 rings (SSSR count). The van der Waals surface area contributed by atoms with E-state index in [1.165, 1.54) is 146 Å². The summed E-state index contributed by atoms with van der Waals surface area (Å²) in [6.07, 6.45) is 28.0. The van der Waals surface area contributed by atoms with E-state index in [2.05, 4.69) is 14.0 Å². The Balaban J connectivity index is 0.00000625. The largest absolute Gasteiger partial charge is 1.00 e. The Kier molecular flexibility index (Phi) is 19.5. The third kappa shape index (κ3) is 15.7. The van der Waals surface area contributed by atoms with Gasteiger partial charge in [0.05, 0.1) is 26.7 Å². The number of likely N-dealkylation sites (tertiary alicyclic amines) is 1. The highest BCUT2D eigenvalue weighted by molar-refractivity contribution is 4.53. The van der Waals surface area contributed by atoms with Gasteiger partial charge in [-0.05, 0) is 12.8 Å². The molecule has 0 N–H and O–H groups in total. The highest BCUT2D eigenvalue weighted by Gasteiger charge is 2.25. The molecule has 1 nitrogen and oxygen atoms in total. The monoisotopic (exact) mass is 479 g/mol. The van der Waals surface area contributed by atoms with Gasteiger partial charge in [0.1, 0.15) is 0 Å². The molecular formula is C24H50IN. The standard InChI is InChI=1S/C24H50N.HI/c1-3-4-5-6-7-8-9-10-11-12-13-14-15-16-17-18-19-22-25(2)23-20-21-24-25;/h3-24H2,1-2H3;1H/q+1;/p-1. The van der Waals surface area contributed by atoms with Gasteiger partial charge in [-0.25, -0.2) is 0 Å². The van der Waals surface area contributed by atoms with E-state index in [0.717, 1.165) is 0 Å². The third-order valence-electron chi connectivity index (χ3n) is 6.45. The smallest absolute Gasteiger partial charge is 0.0786 e. The molecular weight excluding hydrogens is 429 g/mol. The number of halogens is 1. The van der Waals surface area contributed by atoms with Crippen molar-refractivity contribution in [1.82, 2.24) is 0 Å². The van der Waals surface area contributed by atoms with Crippen LogP contribution in [0, 0.1) is 0 Å². The van der Waals surface area contributed by atoms with Gasteiger partial charge >= 0.3 is 0 Å². The van der Waals surface area contributed by atoms with Crippen LogP contribution < -0.4 is 24.0 Å². The van der Waals surface area contributed by atoms with Gasteiger partial charge < -0.3 is 28.5 Å². The maximum Gasteiger partial charge on any atom is 0.0786 e. The van der Waals surface area contributed by atoms with Gasteiger partial charge in [-0.15, -0.1) is 0 Å². The van der Waals surface area contributed by atoms with Crippen molar-refractivity contribution in [2.45, 2.75) is 129 Å². The van der Waals surface area contributed by atoms with E-state index in [4.69, 9.17) is 0 Å². The summed E-state index contributed by atoms with van der Waals surface area (Å²) in [6, 6.07) is 0. The normalized spacial score (nSPS) is 15.9. The summed E-state index contributed by atoms with van der Waals surface area (Å²) in [5, 5.41) is 0. The molecule has 1 fully saturated rings. The average molecular weight is 480 g/mol. The van der Waals surface area contributed by atoms with E-state index < -0.39 is 0 Å². The summed E-state index contributed by atoms with van der Waals surface area (Å²) in [5.74, 6) is 0. The minimum Gasteiger partial charge on any atom is -1.00 e. The molecule has 1 aliphatic heterocycles. The molecule has 0 bridgehead atoms. The van der Waals surface area contributed by atoms with Gasteiger partial charge in [-0.3, -0.25) is 0 Å². The molecule has 0 saturated carbocycles. The average Bonchev–Trinajstić information content (AvgIpc) is 3.04. The van der Waals surface area contributed by atoms with Crippen molar-refractivity contribution in [2.24, 2.45) is 0 Å². The van der Waals surface area contributed by atoms with E-state index in [0.29, 0.717) is 0 Å². The van der Waals surface area contributed by atoms with Crippen molar-refractivity contribution in [3.8, 4) is 0 Å². The molecule has 0 atom stereocenters. The predicted molar refractivity (Wildman–Crippen MR) is 114 cm³/mol. The molecule has 0 aromatic rings. The minimum absolute atomic E-state index is 0. The van der Waals surface area contributed by atoms with Crippen molar-refractivity contribution in [2.75, 3.05) is 26.7 Å². The van der Waals surface area contributed by atoms with E-state index >= 15 is 0 Å². The maximum atomic E-state index is 2.47. The van der Waals surface area contributed by atoms with Crippen molar-refractivity contribution in [3.63, 3.8) is 0 Å². The number of unbranched alkanes of at least 4 members (excludes halogenated alkanes) is 16. The van der Waals surface area contributed by atoms with Crippen molar-refractivity contribution in [1.29, 1.82) is 0 Å². The second-order valence-corrected chi connectivity index (χ2v) is 9.15. The second kappa shape index (κ2) is 19.0. The maximum absolute atomic E-state index is 2.47. The molecule has 2 heteroatoms. The Hall–Kier alpha value is 0.690. The Morgan fingerprint density at radius 3 is 1.15 bits per heavy atom. The van der Waals surface area contributed by atoms with Crippen LogP contribution in [0.5, 0.6) is 0 Å². The summed E-state index contributed by atoms with van der Waals surface area (Å²) < 4.78 is 1.37. The first-order valence-electron chi connectivity index (χ1n) is 12.1. The van der Waals surface area contributed by atoms with Crippen LogP contribution in [0.3, 0.4) is 0 Å². The highest BCUT2D eigenvalue weighted by atomic mass is 127. The van der Waals surface area contributed by atoms with Gasteiger partial charge in [0.2, 0.25) is 0 Å². The number of quaternary nitrogens is 1. The fraction of sp³-hybridized carbons (Fsp3) is 1.00. The quantitative estimate of drug-likeness (QED) is 0.149. The lowest BCUT2D eigenvalue weighted by Gasteiger charge is -2.29. The first-order valence-corrected chi connectivity index (χ1v) is 12.1. The molecule has 0 amide bonds. The lowest BCUT2D eigenvalue weighted by Crippen LogP contribution is -3.00. The zero-order valence-electron chi connectivity index (χ0n) is 18.4. The molecule has 0 aliphatic carbocycles. The van der Waals surface area contributed by atoms with Crippen molar-refractivity contribution >= 4 is 0 Å². The van der Waals surface area contributed by atoms with E-state index in [1.54, 1.807) is 0 Å². The topological polar surface area (TPSA) is 0 Å². The molecule has 1 saturated heterocycles. The molecule has 1 aliphatic rings. The summed E-state index contributed by atoms with van der Waals surface area (Å²) in [4.78, 5) is 0. The zero-order chi connectivity index (χ0) is 18.1. The number of hydrogen-bond acceptors (Lipinski definition) is 0. The summed E-state index contributed by atoms with van der Waals surface area (Å²) in [6.45, 7) is 6.63. The summed E-state index contributed by atoms with van der Waals surface area (Å²) in [7, 11) is 2.47. The van der Waals surface area contributed by atoms with Crippen molar-refractivity contribution in [3.05, 3.63) is 0 Å². The molecule has 0 aromatic carbocycles. The van der Waals surface area contributed by atoms with Crippen LogP contribution in [0.1, 0.15) is 129 Å². The molecule has 0 spiro atoms. The Morgan fingerprint density at radius 1 is 0.500 bits per heavy atom. The van der Waals surface area contributed by atoms with Gasteiger partial charge in [-0.1, -0.05) is 103 Å². The van der Waals surface area contributed by atoms with Gasteiger partial charge in [0, 0.05) is 12.8 Å². The predicted octanol–water partition coefficient (Wildman–Crippen LogP) is 4.88. The Morgan fingerprint density at radius 2 is 0.808 bits per heavy atom. The molecule has 0 radical (unpaired) electrons. The van der Waals surface area contributed by atoms with Crippen LogP contribution in [0.2, 0.25) is 0 Å². The van der Waals surface area contributed by atoms with Gasteiger partial charge in [-0.2, -0.15) is 0 Å². The van der Waals surface area contributed by atoms with Gasteiger partial charge in [0.15, 0.2) is 0 Å². The molecule has 158 valence electrons. The minimum atomic E-state index is 0. The Labute approximate surface area is 183 Å². The summed E-state index contributed by atoms with van der Waals surface area (Å²) >= 11 is 0. The molecule has 1 heterocycles. The molecule has 26 heavy (non-hydrogen) atoms. The van der Waals surface area contributed by atoms with Crippen LogP contribution in [0.15, 0.2) is 0 Å². The van der Waals surface area contributed by atoms with Crippen LogP contribution in [-0.4, -0.2) is 31.2 Å². The lowest BCUT2D eigenvalue weighted by atomic mass is 10.0. The van der Waals surface area contributed by atoms with Crippen LogP contribution >= 0.6 is 0 Å². The van der Waals surface area contributed by atoms with Crippen LogP contribution in [0.25, 0.3) is 0 Å². The van der Waals surface area contributed by atoms with Gasteiger partial charge in [0.25, 0.3) is 0 Å². The number of rotatable bonds is 18. The third-order valence-corrected chi connectivity index (χ3v) is 6.45. The zero-order valence-corrected chi connectivity index (χ0v) is 20.5. The first kappa shape index (κ1) is 26.7. The molecule has 0 unspecified atom stereocenters. The number of nitrogens with zero attached hydrogens (tertiary/aromatic N) is 1. The fourth-order valence-corrected chi connectivity index (χ4v) is 4.54. The second-order valence-electron chi connectivity index (χ2n) is 9.15. The fourth-order valence-electron chi connectivity index (χ4n) is 4.54.